The van der Waals surface area contributed by atoms with Gasteiger partial charge in [0.2, 0.25) is 0 Å². The Kier molecular flexibility index (Phi) is 5.48. The van der Waals surface area contributed by atoms with Crippen LogP contribution in [0.1, 0.15) is 50.7 Å². The van der Waals surface area contributed by atoms with Crippen LogP contribution in [0.25, 0.3) is 11.1 Å². The van der Waals surface area contributed by atoms with E-state index in [9.17, 15) is 0 Å². The highest BCUT2D eigenvalue weighted by Gasteiger charge is 2.62. The van der Waals surface area contributed by atoms with E-state index in [0.717, 1.165) is 0 Å². The number of para-hydroxylation sites is 3. The largest absolute Gasteiger partial charge is 0.375 e. The van der Waals surface area contributed by atoms with Crippen molar-refractivity contribution in [3.63, 3.8) is 0 Å². The fourth-order valence-corrected chi connectivity index (χ4v) is 15.0. The van der Waals surface area contributed by atoms with Crippen molar-refractivity contribution in [1.29, 1.82) is 0 Å². The van der Waals surface area contributed by atoms with Gasteiger partial charge in [-0.2, -0.15) is 0 Å². The molecule has 0 saturated heterocycles. The molecule has 11 rings (SSSR count). The van der Waals surface area contributed by atoms with Crippen molar-refractivity contribution in [3.8, 4) is 11.1 Å². The molecule has 4 aliphatic heterocycles. The zero-order valence-corrected chi connectivity index (χ0v) is 29.2. The van der Waals surface area contributed by atoms with Gasteiger partial charge < -0.3 is 9.71 Å². The van der Waals surface area contributed by atoms with Gasteiger partial charge in [0.15, 0.2) is 0 Å². The topological polar surface area (TPSA) is 6.48 Å². The third-order valence-corrected chi connectivity index (χ3v) is 17.0. The van der Waals surface area contributed by atoms with Crippen LogP contribution in [0.5, 0.6) is 0 Å². The summed E-state index contributed by atoms with van der Waals surface area (Å²) in [6.45, 7) is 7.55. The first kappa shape index (κ1) is 28.2. The van der Waals surface area contributed by atoms with Crippen LogP contribution >= 0.6 is 10.0 Å². The third-order valence-electron chi connectivity index (χ3n) is 13.0. The van der Waals surface area contributed by atoms with Crippen LogP contribution in [0.4, 0.5) is 22.7 Å². The molecule has 5 aliphatic rings. The second kappa shape index (κ2) is 9.52. The molecule has 238 valence electrons. The highest BCUT2D eigenvalue weighted by atomic mass is 32.3. The lowest BCUT2D eigenvalue weighted by molar-refractivity contribution is 0.195. The van der Waals surface area contributed by atoms with Crippen molar-refractivity contribution < 1.29 is 0 Å². The van der Waals surface area contributed by atoms with Crippen LogP contribution in [-0.2, 0) is 5.41 Å². The van der Waals surface area contributed by atoms with Gasteiger partial charge in [-0.1, -0.05) is 105 Å². The predicted molar refractivity (Wildman–Crippen MR) is 207 cm³/mol. The molecule has 6 aromatic rings. The number of hydrogen-bond donors (Lipinski definition) is 0. The Labute approximate surface area is 291 Å². The van der Waals surface area contributed by atoms with E-state index in [0.29, 0.717) is 0 Å². The Balaban J connectivity index is 1.31. The monoisotopic (exact) mass is 650 g/mol. The number of nitrogens with zero attached hydrogens (tertiary/aromatic N) is 2. The highest BCUT2D eigenvalue weighted by molar-refractivity contribution is 8.34. The maximum Gasteiger partial charge on any atom is 0.333 e. The lowest BCUT2D eigenvalue weighted by Crippen LogP contribution is -2.65. The fraction of sp³-hybridized carbons (Fsp3) is 0.200. The summed E-state index contributed by atoms with van der Waals surface area (Å²) in [5, 5.41) is 0. The minimum Gasteiger partial charge on any atom is -0.375 e. The van der Waals surface area contributed by atoms with Crippen molar-refractivity contribution in [2.45, 2.75) is 77.0 Å². The minimum atomic E-state index is -1.81. The van der Waals surface area contributed by atoms with Crippen molar-refractivity contribution >= 4 is 50.6 Å². The molecule has 49 heavy (non-hydrogen) atoms. The molecule has 1 aliphatic carbocycles. The molecule has 0 aromatic heterocycles. The molecular formula is C45H39BN2S. The third kappa shape index (κ3) is 3.19. The van der Waals surface area contributed by atoms with Crippen LogP contribution in [0.3, 0.4) is 0 Å². The molecule has 6 aromatic carbocycles. The minimum absolute atomic E-state index is 0.0398. The molecule has 0 amide bonds. The standard InChI is InChI=1S/C45H39BN2S/c1-30-28-34-33-20-14-25-40-42(33)48(37-23-10-11-24-39(37)49(40,31-16-6-4-7-17-31)32-18-8-5-9-19-32)46-36-22-15-21-35-43(36)47(38(29-30)41(34)46)45(3)27-13-12-26-44(35,45)2/h4-11,14-25,28-29H,12-13,26-27H2,1-3H3. The Morgan fingerprint density at radius 1 is 0.612 bits per heavy atom. The molecule has 0 N–H and O–H groups in total. The summed E-state index contributed by atoms with van der Waals surface area (Å²) in [5.41, 5.74) is 14.4. The van der Waals surface area contributed by atoms with E-state index >= 15 is 0 Å². The van der Waals surface area contributed by atoms with E-state index in [1.54, 1.807) is 5.56 Å². The summed E-state index contributed by atoms with van der Waals surface area (Å²) in [6, 6.07) is 51.6. The van der Waals surface area contributed by atoms with E-state index in [2.05, 4.69) is 164 Å². The van der Waals surface area contributed by atoms with Gasteiger partial charge in [0.05, 0.1) is 11.2 Å². The first-order valence-electron chi connectivity index (χ1n) is 18.0. The summed E-state index contributed by atoms with van der Waals surface area (Å²) in [6.07, 6.45) is 5.06. The van der Waals surface area contributed by atoms with Gasteiger partial charge in [0.25, 0.3) is 0 Å². The Morgan fingerprint density at radius 2 is 1.29 bits per heavy atom. The quantitative estimate of drug-likeness (QED) is 0.172. The smallest absolute Gasteiger partial charge is 0.333 e. The Bertz CT molecular complexity index is 2330. The molecule has 4 heteroatoms. The van der Waals surface area contributed by atoms with Gasteiger partial charge in [-0.25, -0.2) is 0 Å². The Hall–Kier alpha value is -4.67. The molecule has 0 bridgehead atoms. The molecule has 0 spiro atoms. The van der Waals surface area contributed by atoms with E-state index in [1.807, 2.05) is 0 Å². The van der Waals surface area contributed by atoms with Crippen LogP contribution in [-0.4, -0.2) is 12.4 Å². The lowest BCUT2D eigenvalue weighted by Gasteiger charge is -2.56. The summed E-state index contributed by atoms with van der Waals surface area (Å²) < 4.78 is 0. The number of fused-ring (bicyclic) bond motifs is 9. The predicted octanol–water partition coefficient (Wildman–Crippen LogP) is 10.6. The summed E-state index contributed by atoms with van der Waals surface area (Å²) in [4.78, 5) is 11.3. The number of aryl methyl sites for hydroxylation is 1. The van der Waals surface area contributed by atoms with Gasteiger partial charge in [-0.15, -0.1) is 10.0 Å². The Morgan fingerprint density at radius 3 is 2.06 bits per heavy atom. The zero-order valence-electron chi connectivity index (χ0n) is 28.4. The molecule has 0 radical (unpaired) electrons. The summed E-state index contributed by atoms with van der Waals surface area (Å²) in [7, 11) is -1.81. The number of hydrogen-bond acceptors (Lipinski definition) is 2. The van der Waals surface area contributed by atoms with Gasteiger partial charge >= 0.3 is 6.85 Å². The molecular weight excluding hydrogens is 611 g/mol. The summed E-state index contributed by atoms with van der Waals surface area (Å²) >= 11 is 0. The van der Waals surface area contributed by atoms with Gasteiger partial charge in [0, 0.05) is 47.6 Å². The van der Waals surface area contributed by atoms with E-state index in [1.165, 1.54) is 95.6 Å². The average molecular weight is 651 g/mol. The number of anilines is 4. The molecule has 1 fully saturated rings. The first-order valence-corrected chi connectivity index (χ1v) is 19.7. The maximum atomic E-state index is 2.84. The molecule has 1 saturated carbocycles. The normalized spacial score (nSPS) is 23.5. The van der Waals surface area contributed by atoms with Crippen molar-refractivity contribution in [2.24, 2.45) is 0 Å². The van der Waals surface area contributed by atoms with E-state index < -0.39 is 10.0 Å². The number of benzene rings is 6. The van der Waals surface area contributed by atoms with E-state index in [-0.39, 0.29) is 17.8 Å². The van der Waals surface area contributed by atoms with Gasteiger partial charge in [-0.05, 0) is 103 Å². The SMILES string of the molecule is Cc1cc2c3c(c1)N1c4c(cccc4C4(C)CCCCC14C)B3N1c3ccccc3S(c3ccccc3)(c3ccccc3)c3cccc-2c31. The maximum absolute atomic E-state index is 2.84. The second-order valence-electron chi connectivity index (χ2n) is 15.3. The number of rotatable bonds is 2. The second-order valence-corrected chi connectivity index (χ2v) is 18.3. The fourth-order valence-electron chi connectivity index (χ4n) is 10.8. The van der Waals surface area contributed by atoms with Crippen LogP contribution in [0.2, 0.25) is 0 Å². The van der Waals surface area contributed by atoms with Crippen LogP contribution in [0, 0.1) is 6.92 Å². The van der Waals surface area contributed by atoms with Gasteiger partial charge in [-0.3, -0.25) is 0 Å². The average Bonchev–Trinajstić information content (AvgIpc) is 3.36. The van der Waals surface area contributed by atoms with Crippen molar-refractivity contribution in [2.75, 3.05) is 9.71 Å². The molecule has 2 unspecified atom stereocenters. The first-order chi connectivity index (χ1) is 24.0. The van der Waals surface area contributed by atoms with Crippen molar-refractivity contribution in [1.82, 2.24) is 0 Å². The molecule has 2 nitrogen and oxygen atoms in total. The summed E-state index contributed by atoms with van der Waals surface area (Å²) in [5.74, 6) is 0. The zero-order chi connectivity index (χ0) is 32.7. The highest BCUT2D eigenvalue weighted by Crippen LogP contribution is 2.80. The van der Waals surface area contributed by atoms with Crippen molar-refractivity contribution in [3.05, 3.63) is 145 Å². The molecule has 4 heterocycles. The van der Waals surface area contributed by atoms with E-state index in [4.69, 9.17) is 0 Å². The van der Waals surface area contributed by atoms with Crippen LogP contribution in [0.15, 0.2) is 153 Å². The molecule has 2 atom stereocenters. The van der Waals surface area contributed by atoms with Gasteiger partial charge in [0.1, 0.15) is 0 Å². The van der Waals surface area contributed by atoms with Crippen LogP contribution < -0.4 is 20.6 Å². The lowest BCUT2D eigenvalue weighted by atomic mass is 9.43.